The number of hydrogen-bond acceptors (Lipinski definition) is 5. The van der Waals surface area contributed by atoms with Gasteiger partial charge in [0.05, 0.1) is 26.3 Å². The molecule has 0 radical (unpaired) electrons. The summed E-state index contributed by atoms with van der Waals surface area (Å²) in [6.45, 7) is 3.53. The third-order valence-electron chi connectivity index (χ3n) is 5.38. The van der Waals surface area contributed by atoms with E-state index in [9.17, 15) is 22.0 Å². The van der Waals surface area contributed by atoms with Gasteiger partial charge >= 0.3 is 0 Å². The van der Waals surface area contributed by atoms with Gasteiger partial charge in [0, 0.05) is 48.9 Å². The van der Waals surface area contributed by atoms with Gasteiger partial charge in [-0.3, -0.25) is 14.1 Å². The van der Waals surface area contributed by atoms with Gasteiger partial charge in [-0.1, -0.05) is 12.6 Å². The molecule has 7 nitrogen and oxygen atoms in total. The van der Waals surface area contributed by atoms with Gasteiger partial charge < -0.3 is 9.42 Å². The van der Waals surface area contributed by atoms with Crippen LogP contribution in [0.25, 0.3) is 10.9 Å². The zero-order valence-corrected chi connectivity index (χ0v) is 19.6. The van der Waals surface area contributed by atoms with Gasteiger partial charge in [0.2, 0.25) is 10.0 Å². The van der Waals surface area contributed by atoms with Gasteiger partial charge in [0.25, 0.3) is 5.91 Å². The fraction of sp³-hybridized carbons (Fsp3) is 0.182. The number of anilines is 1. The number of rotatable bonds is 7. The second-order valence-electron chi connectivity index (χ2n) is 7.48. The molecule has 11 heteroatoms. The molecule has 1 aromatic heterocycles. The molecule has 1 amide bonds. The fourth-order valence-electron chi connectivity index (χ4n) is 3.82. The first kappa shape index (κ1) is 23.1. The molecular weight excluding hydrogens is 471 g/mol. The molecule has 0 saturated heterocycles. The average molecular weight is 491 g/mol. The topological polar surface area (TPSA) is 79.8 Å². The number of fused-ring (bicyclic) bond motifs is 2. The molecule has 0 aliphatic carbocycles. The standard InChI is InChI=1S/C22H20F2N3O4PS/c1-4-32-31-21-18-16(12-27(22(18)28)11-13-7-8-14(23)10-17(13)24)20(26(2)33(3,29)30)15-6-5-9-25-19(15)21/h4-10,32H,1,11-12H2,2-3H3. The normalized spacial score (nSPS) is 13.7. The van der Waals surface area contributed by atoms with Crippen molar-refractivity contribution in [1.82, 2.24) is 9.88 Å². The van der Waals surface area contributed by atoms with Gasteiger partial charge in [-0.2, -0.15) is 0 Å². The number of benzene rings is 2. The first-order chi connectivity index (χ1) is 15.6. The average Bonchev–Trinajstić information content (AvgIpc) is 3.08. The first-order valence-electron chi connectivity index (χ1n) is 9.77. The molecule has 1 aliphatic heterocycles. The molecule has 172 valence electrons. The van der Waals surface area contributed by atoms with Crippen LogP contribution in [0.15, 0.2) is 48.9 Å². The van der Waals surface area contributed by atoms with E-state index in [1.165, 1.54) is 24.2 Å². The molecule has 33 heavy (non-hydrogen) atoms. The van der Waals surface area contributed by atoms with E-state index in [1.54, 1.807) is 17.9 Å². The maximum absolute atomic E-state index is 14.3. The van der Waals surface area contributed by atoms with Crippen molar-refractivity contribution >= 4 is 41.3 Å². The largest absolute Gasteiger partial charge is 0.470 e. The van der Waals surface area contributed by atoms with Crippen LogP contribution in [0.5, 0.6) is 5.75 Å². The quantitative estimate of drug-likeness (QED) is 0.464. The lowest BCUT2D eigenvalue weighted by molar-refractivity contribution is 0.0764. The zero-order chi connectivity index (χ0) is 23.9. The maximum Gasteiger partial charge on any atom is 0.258 e. The van der Waals surface area contributed by atoms with Crippen molar-refractivity contribution in [2.24, 2.45) is 0 Å². The predicted octanol–water partition coefficient (Wildman–Crippen LogP) is 4.18. The van der Waals surface area contributed by atoms with E-state index in [0.29, 0.717) is 22.2 Å². The highest BCUT2D eigenvalue weighted by molar-refractivity contribution is 7.92. The van der Waals surface area contributed by atoms with Crippen LogP contribution in [0.3, 0.4) is 0 Å². The van der Waals surface area contributed by atoms with Crippen molar-refractivity contribution in [1.29, 1.82) is 0 Å². The summed E-state index contributed by atoms with van der Waals surface area (Å²) in [5.74, 6) is -0.195. The lowest BCUT2D eigenvalue weighted by Crippen LogP contribution is -2.26. The van der Waals surface area contributed by atoms with Crippen LogP contribution in [0.2, 0.25) is 0 Å². The summed E-state index contributed by atoms with van der Waals surface area (Å²) in [6, 6.07) is 6.52. The summed E-state index contributed by atoms with van der Waals surface area (Å²) >= 11 is 0. The molecule has 0 fully saturated rings. The molecule has 4 rings (SSSR count). The van der Waals surface area contributed by atoms with Crippen molar-refractivity contribution in [2.75, 3.05) is 17.6 Å². The SMILES string of the molecule is C=CPOc1c2c(c(N(C)S(C)(=O)=O)c3cccnc13)CN(Cc1ccc(F)cc1F)C2=O. The smallest absolute Gasteiger partial charge is 0.258 e. The van der Waals surface area contributed by atoms with Crippen molar-refractivity contribution in [3.05, 3.63) is 77.2 Å². The summed E-state index contributed by atoms with van der Waals surface area (Å²) in [7, 11) is -2.46. The summed E-state index contributed by atoms with van der Waals surface area (Å²) in [5.41, 5.74) is 1.37. The van der Waals surface area contributed by atoms with Crippen molar-refractivity contribution in [2.45, 2.75) is 13.1 Å². The van der Waals surface area contributed by atoms with Crippen molar-refractivity contribution < 1.29 is 26.5 Å². The van der Waals surface area contributed by atoms with Gasteiger partial charge in [0.1, 0.15) is 17.2 Å². The second kappa shape index (κ2) is 8.68. The molecule has 1 unspecified atom stereocenters. The highest BCUT2D eigenvalue weighted by Gasteiger charge is 2.38. The number of carbonyl (C=O) groups is 1. The Balaban J connectivity index is 1.93. The number of amides is 1. The zero-order valence-electron chi connectivity index (χ0n) is 17.8. The predicted molar refractivity (Wildman–Crippen MR) is 124 cm³/mol. The number of nitrogens with zero attached hydrogens (tertiary/aromatic N) is 3. The van der Waals surface area contributed by atoms with Crippen molar-refractivity contribution in [3.8, 4) is 5.75 Å². The minimum Gasteiger partial charge on any atom is -0.470 e. The van der Waals surface area contributed by atoms with Crippen LogP contribution in [-0.4, -0.2) is 37.5 Å². The molecule has 0 N–H and O–H groups in total. The van der Waals surface area contributed by atoms with E-state index >= 15 is 0 Å². The Morgan fingerprint density at radius 2 is 2.09 bits per heavy atom. The highest BCUT2D eigenvalue weighted by atomic mass is 32.2. The van der Waals surface area contributed by atoms with E-state index in [-0.39, 0.29) is 38.8 Å². The number of aromatic nitrogens is 1. The minimum absolute atomic E-state index is 0.0125. The van der Waals surface area contributed by atoms with Gasteiger partial charge in [0.15, 0.2) is 5.75 Å². The Morgan fingerprint density at radius 3 is 2.76 bits per heavy atom. The molecule has 0 saturated carbocycles. The number of hydrogen-bond donors (Lipinski definition) is 0. The molecule has 2 aromatic carbocycles. The summed E-state index contributed by atoms with van der Waals surface area (Å²) in [6.07, 6.45) is 2.58. The van der Waals surface area contributed by atoms with Gasteiger partial charge in [-0.05, 0) is 24.0 Å². The third kappa shape index (κ3) is 4.16. The molecule has 2 heterocycles. The Kier molecular flexibility index (Phi) is 6.07. The number of pyridine rings is 1. The Hall–Kier alpha value is -3.10. The monoisotopic (exact) mass is 491 g/mol. The van der Waals surface area contributed by atoms with Crippen LogP contribution in [0.1, 0.15) is 21.5 Å². The number of sulfonamides is 1. The second-order valence-corrected chi connectivity index (χ2v) is 10.3. The lowest BCUT2D eigenvalue weighted by Gasteiger charge is -2.23. The minimum atomic E-state index is -3.69. The number of carbonyl (C=O) groups excluding carboxylic acids is 1. The van der Waals surface area contributed by atoms with Crippen LogP contribution in [-0.2, 0) is 23.1 Å². The first-order valence-corrected chi connectivity index (χ1v) is 12.6. The van der Waals surface area contributed by atoms with Gasteiger partial charge in [-0.15, -0.1) is 0 Å². The highest BCUT2D eigenvalue weighted by Crippen LogP contribution is 2.46. The van der Waals surface area contributed by atoms with Gasteiger partial charge in [-0.25, -0.2) is 17.2 Å². The van der Waals surface area contributed by atoms with Crippen LogP contribution >= 0.6 is 8.81 Å². The van der Waals surface area contributed by atoms with E-state index in [0.717, 1.165) is 22.7 Å². The molecular formula is C22H20F2N3O4PS. The Bertz CT molecular complexity index is 1400. The molecule has 1 aliphatic rings. The lowest BCUT2D eigenvalue weighted by atomic mass is 10.0. The fourth-order valence-corrected chi connectivity index (χ4v) is 4.76. The third-order valence-corrected chi connectivity index (χ3v) is 7.04. The van der Waals surface area contributed by atoms with E-state index in [4.69, 9.17) is 4.52 Å². The molecule has 0 bridgehead atoms. The Morgan fingerprint density at radius 1 is 1.33 bits per heavy atom. The molecule has 3 aromatic rings. The number of halogens is 2. The maximum atomic E-state index is 14.3. The summed E-state index contributed by atoms with van der Waals surface area (Å²) < 4.78 is 59.4. The molecule has 0 spiro atoms. The van der Waals surface area contributed by atoms with Crippen LogP contribution in [0, 0.1) is 11.6 Å². The summed E-state index contributed by atoms with van der Waals surface area (Å²) in [4.78, 5) is 19.2. The molecule has 1 atom stereocenters. The van der Waals surface area contributed by atoms with Crippen LogP contribution in [0.4, 0.5) is 14.5 Å². The Labute approximate surface area is 191 Å². The van der Waals surface area contributed by atoms with Crippen LogP contribution < -0.4 is 8.83 Å². The van der Waals surface area contributed by atoms with E-state index in [2.05, 4.69) is 11.6 Å². The van der Waals surface area contributed by atoms with E-state index < -0.39 is 27.6 Å². The summed E-state index contributed by atoms with van der Waals surface area (Å²) in [5, 5.41) is 0.496. The van der Waals surface area contributed by atoms with Crippen molar-refractivity contribution in [3.63, 3.8) is 0 Å². The van der Waals surface area contributed by atoms with E-state index in [1.807, 2.05) is 0 Å².